The van der Waals surface area contributed by atoms with E-state index in [0.29, 0.717) is 22.1 Å². The van der Waals surface area contributed by atoms with Crippen molar-refractivity contribution in [2.45, 2.75) is 6.92 Å². The summed E-state index contributed by atoms with van der Waals surface area (Å²) in [7, 11) is 1.30. The number of carbonyl (C=O) groups excluding carboxylic acids is 2. The molecule has 1 aliphatic heterocycles. The maximum Gasteiger partial charge on any atom is 0.340 e. The van der Waals surface area contributed by atoms with Gasteiger partial charge in [0.2, 0.25) is 5.13 Å². The largest absolute Gasteiger partial charge is 0.465 e. The number of benzene rings is 2. The number of nitrogens with zero attached hydrogens (tertiary/aromatic N) is 4. The van der Waals surface area contributed by atoms with Gasteiger partial charge in [0, 0.05) is 10.9 Å². The van der Waals surface area contributed by atoms with Crippen LogP contribution in [0.4, 0.5) is 10.8 Å². The number of thiazole rings is 1. The molecule has 0 bridgehead atoms. The number of hydrogen-bond donors (Lipinski definition) is 1. The number of para-hydroxylation sites is 1. The van der Waals surface area contributed by atoms with Crippen molar-refractivity contribution < 1.29 is 14.3 Å². The highest BCUT2D eigenvalue weighted by molar-refractivity contribution is 7.14. The second kappa shape index (κ2) is 8.26. The van der Waals surface area contributed by atoms with E-state index in [1.165, 1.54) is 23.5 Å². The molecule has 8 nitrogen and oxygen atoms in total. The lowest BCUT2D eigenvalue weighted by Crippen LogP contribution is -2.28. The number of methoxy groups -OCH3 is 1. The Hall–Kier alpha value is -3.85. The third-order valence-corrected chi connectivity index (χ3v) is 5.17. The lowest BCUT2D eigenvalue weighted by atomic mass is 10.2. The van der Waals surface area contributed by atoms with Crippen LogP contribution in [-0.4, -0.2) is 35.4 Å². The summed E-state index contributed by atoms with van der Waals surface area (Å²) in [6.07, 6.45) is 0. The molecule has 1 aliphatic rings. The van der Waals surface area contributed by atoms with Crippen LogP contribution in [0.25, 0.3) is 11.3 Å². The van der Waals surface area contributed by atoms with Gasteiger partial charge in [-0.15, -0.1) is 11.3 Å². The highest BCUT2D eigenvalue weighted by Gasteiger charge is 2.32. The SMILES string of the molecule is COC(=O)c1ccccc1N/N=C1\C(=O)N(c2nc(-c3ccccc3)cs2)N=C1C. The van der Waals surface area contributed by atoms with Crippen molar-refractivity contribution >= 4 is 45.5 Å². The summed E-state index contributed by atoms with van der Waals surface area (Å²) >= 11 is 1.32. The number of rotatable bonds is 5. The molecule has 0 saturated carbocycles. The lowest BCUT2D eigenvalue weighted by molar-refractivity contribution is -0.112. The van der Waals surface area contributed by atoms with Crippen molar-refractivity contribution in [3.05, 3.63) is 65.5 Å². The molecule has 1 amide bonds. The Morgan fingerprint density at radius 1 is 1.13 bits per heavy atom. The van der Waals surface area contributed by atoms with Crippen LogP contribution in [0.2, 0.25) is 0 Å². The third-order valence-electron chi connectivity index (χ3n) is 4.35. The number of ether oxygens (including phenoxy) is 1. The van der Waals surface area contributed by atoms with Crippen LogP contribution in [0.1, 0.15) is 17.3 Å². The maximum atomic E-state index is 12.9. The molecule has 3 aromatic rings. The molecule has 0 saturated heterocycles. The Kier molecular flexibility index (Phi) is 5.36. The summed E-state index contributed by atoms with van der Waals surface area (Å²) in [6.45, 7) is 1.69. The van der Waals surface area contributed by atoms with Crippen molar-refractivity contribution in [2.75, 3.05) is 17.5 Å². The molecule has 30 heavy (non-hydrogen) atoms. The van der Waals surface area contributed by atoms with Crippen molar-refractivity contribution in [3.8, 4) is 11.3 Å². The molecule has 1 aromatic heterocycles. The number of anilines is 2. The smallest absolute Gasteiger partial charge is 0.340 e. The van der Waals surface area contributed by atoms with E-state index in [1.54, 1.807) is 31.2 Å². The molecule has 2 heterocycles. The van der Waals surface area contributed by atoms with Crippen LogP contribution in [0.15, 0.2) is 70.2 Å². The summed E-state index contributed by atoms with van der Waals surface area (Å²) in [6, 6.07) is 16.4. The molecule has 0 radical (unpaired) electrons. The predicted octanol–water partition coefficient (Wildman–Crippen LogP) is 3.79. The van der Waals surface area contributed by atoms with Gasteiger partial charge in [-0.25, -0.2) is 9.78 Å². The first-order valence-electron chi connectivity index (χ1n) is 9.00. The first-order valence-corrected chi connectivity index (χ1v) is 9.88. The van der Waals surface area contributed by atoms with Crippen LogP contribution in [0, 0.1) is 0 Å². The van der Waals surface area contributed by atoms with Crippen LogP contribution in [0.3, 0.4) is 0 Å². The average molecular weight is 419 g/mol. The Morgan fingerprint density at radius 2 is 1.87 bits per heavy atom. The van der Waals surface area contributed by atoms with Gasteiger partial charge in [0.1, 0.15) is 0 Å². The van der Waals surface area contributed by atoms with Crippen molar-refractivity contribution in [2.24, 2.45) is 10.2 Å². The van der Waals surface area contributed by atoms with E-state index in [1.807, 2.05) is 35.7 Å². The fourth-order valence-electron chi connectivity index (χ4n) is 2.84. The molecule has 0 atom stereocenters. The monoisotopic (exact) mass is 419 g/mol. The van der Waals surface area contributed by atoms with Gasteiger partial charge in [-0.3, -0.25) is 10.2 Å². The average Bonchev–Trinajstić information content (AvgIpc) is 3.37. The Labute approximate surface area is 176 Å². The van der Waals surface area contributed by atoms with Gasteiger partial charge in [0.05, 0.1) is 29.8 Å². The minimum atomic E-state index is -0.501. The van der Waals surface area contributed by atoms with Crippen molar-refractivity contribution in [1.29, 1.82) is 0 Å². The first-order chi connectivity index (χ1) is 14.6. The summed E-state index contributed by atoms with van der Waals surface area (Å²) in [5, 5.41) is 12.1. The van der Waals surface area contributed by atoms with Crippen molar-refractivity contribution in [3.63, 3.8) is 0 Å². The van der Waals surface area contributed by atoms with Crippen LogP contribution in [-0.2, 0) is 9.53 Å². The second-order valence-electron chi connectivity index (χ2n) is 6.29. The quantitative estimate of drug-likeness (QED) is 0.501. The van der Waals surface area contributed by atoms with Crippen LogP contribution in [0.5, 0.6) is 0 Å². The zero-order valence-electron chi connectivity index (χ0n) is 16.2. The summed E-state index contributed by atoms with van der Waals surface area (Å²) in [5.41, 5.74) is 5.84. The standard InChI is InChI=1S/C21H17N5O3S/c1-13-18(24-23-16-11-7-6-10-15(16)20(28)29-2)19(27)26(25-13)21-22-17(12-30-21)14-8-4-3-5-9-14/h3-12,23H,1-2H3/b24-18-. The van der Waals surface area contributed by atoms with Crippen molar-refractivity contribution in [1.82, 2.24) is 4.98 Å². The third kappa shape index (κ3) is 3.70. The van der Waals surface area contributed by atoms with Gasteiger partial charge >= 0.3 is 11.9 Å². The predicted molar refractivity (Wildman–Crippen MR) is 117 cm³/mol. The molecule has 150 valence electrons. The van der Waals surface area contributed by atoms with Gasteiger partial charge in [-0.2, -0.15) is 15.2 Å². The number of carbonyl (C=O) groups is 2. The molecule has 0 spiro atoms. The molecule has 0 fully saturated rings. The van der Waals surface area contributed by atoms with E-state index in [0.717, 1.165) is 11.3 Å². The zero-order chi connectivity index (χ0) is 21.1. The minimum absolute atomic E-state index is 0.145. The number of hydrazone groups is 2. The molecular formula is C21H17N5O3S. The van der Waals surface area contributed by atoms with Crippen LogP contribution < -0.4 is 10.4 Å². The number of hydrogen-bond acceptors (Lipinski definition) is 8. The van der Waals surface area contributed by atoms with Crippen LogP contribution >= 0.6 is 11.3 Å². The second-order valence-corrected chi connectivity index (χ2v) is 7.13. The Morgan fingerprint density at radius 3 is 2.63 bits per heavy atom. The van der Waals surface area contributed by atoms with Gasteiger partial charge in [-0.1, -0.05) is 42.5 Å². The van der Waals surface area contributed by atoms with E-state index < -0.39 is 11.9 Å². The first kappa shape index (κ1) is 19.5. The zero-order valence-corrected chi connectivity index (χ0v) is 17.0. The number of esters is 1. The number of amides is 1. The highest BCUT2D eigenvalue weighted by atomic mass is 32.1. The molecule has 0 unspecified atom stereocenters. The summed E-state index contributed by atoms with van der Waals surface area (Å²) in [4.78, 5) is 29.3. The summed E-state index contributed by atoms with van der Waals surface area (Å²) in [5.74, 6) is -0.899. The van der Waals surface area contributed by atoms with E-state index in [9.17, 15) is 9.59 Å². The maximum absolute atomic E-state index is 12.9. The summed E-state index contributed by atoms with van der Waals surface area (Å²) < 4.78 is 4.77. The molecular weight excluding hydrogens is 402 g/mol. The minimum Gasteiger partial charge on any atom is -0.465 e. The molecule has 1 N–H and O–H groups in total. The van der Waals surface area contributed by atoms with Gasteiger partial charge < -0.3 is 4.74 Å². The topological polar surface area (TPSA) is 96.2 Å². The van der Waals surface area contributed by atoms with E-state index in [-0.39, 0.29) is 5.71 Å². The highest BCUT2D eigenvalue weighted by Crippen LogP contribution is 2.29. The molecule has 2 aromatic carbocycles. The van der Waals surface area contributed by atoms with Gasteiger partial charge in [0.15, 0.2) is 5.71 Å². The molecule has 4 rings (SSSR count). The lowest BCUT2D eigenvalue weighted by Gasteiger charge is -2.08. The van der Waals surface area contributed by atoms with Gasteiger partial charge in [0.25, 0.3) is 0 Å². The fourth-order valence-corrected chi connectivity index (χ4v) is 3.62. The van der Waals surface area contributed by atoms with E-state index >= 15 is 0 Å². The molecule has 9 heteroatoms. The van der Waals surface area contributed by atoms with Gasteiger partial charge in [-0.05, 0) is 19.1 Å². The Balaban J connectivity index is 1.56. The van der Waals surface area contributed by atoms with E-state index in [4.69, 9.17) is 4.74 Å². The van der Waals surface area contributed by atoms with E-state index in [2.05, 4.69) is 20.6 Å². The molecule has 0 aliphatic carbocycles. The number of aromatic nitrogens is 1. The fraction of sp³-hybridized carbons (Fsp3) is 0.0952. The number of nitrogens with one attached hydrogen (secondary N) is 1. The normalized spacial score (nSPS) is 14.7. The Bertz CT molecular complexity index is 1170.